The van der Waals surface area contributed by atoms with E-state index in [2.05, 4.69) is 40.0 Å². The first-order valence-corrected chi connectivity index (χ1v) is 15.4. The van der Waals surface area contributed by atoms with E-state index in [1.165, 1.54) is 4.57 Å². The molecule has 0 aliphatic carbocycles. The highest BCUT2D eigenvalue weighted by molar-refractivity contribution is 9.09. The number of benzene rings is 1. The molecule has 0 saturated carbocycles. The van der Waals surface area contributed by atoms with E-state index >= 15 is 0 Å². The van der Waals surface area contributed by atoms with Crippen molar-refractivity contribution in [3.63, 3.8) is 0 Å². The number of hydrogen-bond donors (Lipinski definition) is 1. The number of alkyl halides is 1. The molecule has 2 fully saturated rings. The smallest absolute Gasteiger partial charge is 0.420 e. The van der Waals surface area contributed by atoms with Crippen molar-refractivity contribution >= 4 is 50.6 Å². The van der Waals surface area contributed by atoms with Crippen molar-refractivity contribution in [2.45, 2.75) is 90.2 Å². The van der Waals surface area contributed by atoms with Crippen LogP contribution in [0.15, 0.2) is 27.4 Å². The molecule has 224 valence electrons. The zero-order chi connectivity index (χ0) is 29.9. The van der Waals surface area contributed by atoms with Gasteiger partial charge >= 0.3 is 11.7 Å². The zero-order valence-electron chi connectivity index (χ0n) is 24.3. The molecule has 2 amide bonds. The van der Waals surface area contributed by atoms with Crippen LogP contribution in [0.5, 0.6) is 0 Å². The van der Waals surface area contributed by atoms with Crippen LogP contribution in [0.25, 0.3) is 11.1 Å². The molecule has 4 rings (SSSR count). The van der Waals surface area contributed by atoms with Gasteiger partial charge in [-0.3, -0.25) is 34.0 Å². The zero-order valence-corrected chi connectivity index (χ0v) is 25.9. The van der Waals surface area contributed by atoms with E-state index in [0.29, 0.717) is 29.3 Å². The number of imide groups is 1. The molecule has 2 aliphatic rings. The van der Waals surface area contributed by atoms with Crippen LogP contribution in [0.1, 0.15) is 90.2 Å². The molecule has 1 N–H and O–H groups in total. The fraction of sp³-hybridized carbons (Fsp3) is 0.633. The SMILES string of the molecule is CC(C)(CCC(C)(C)OC(=O)CN1CCC(c2ccc3c(c2)oc(=O)n3C2CCC(=O)NC2=O)CC1)CC(=O)CBr. The van der Waals surface area contributed by atoms with E-state index in [9.17, 15) is 24.0 Å². The number of piperidine rings is 2. The van der Waals surface area contributed by atoms with Crippen LogP contribution in [-0.4, -0.2) is 63.6 Å². The molecular formula is C30H40BrN3O7. The van der Waals surface area contributed by atoms with E-state index in [1.54, 1.807) is 0 Å². The summed E-state index contributed by atoms with van der Waals surface area (Å²) in [7, 11) is 0. The summed E-state index contributed by atoms with van der Waals surface area (Å²) in [6.07, 6.45) is 4.06. The van der Waals surface area contributed by atoms with Crippen molar-refractivity contribution in [2.24, 2.45) is 5.41 Å². The lowest BCUT2D eigenvalue weighted by molar-refractivity contribution is -0.159. The molecule has 1 aromatic heterocycles. The molecular weight excluding hydrogens is 594 g/mol. The van der Waals surface area contributed by atoms with Gasteiger partial charge in [-0.05, 0) is 88.1 Å². The van der Waals surface area contributed by atoms with Gasteiger partial charge in [0.25, 0.3) is 0 Å². The molecule has 41 heavy (non-hydrogen) atoms. The number of oxazole rings is 1. The second-order valence-corrected chi connectivity index (χ2v) is 13.3. The van der Waals surface area contributed by atoms with Crippen LogP contribution in [-0.2, 0) is 23.9 Å². The van der Waals surface area contributed by atoms with Gasteiger partial charge in [-0.1, -0.05) is 35.8 Å². The Hall–Kier alpha value is -2.79. The number of halogens is 1. The number of likely N-dealkylation sites (tertiary alicyclic amines) is 1. The van der Waals surface area contributed by atoms with Crippen LogP contribution in [0.2, 0.25) is 0 Å². The highest BCUT2D eigenvalue weighted by atomic mass is 79.9. The number of carbonyl (C=O) groups is 4. The van der Waals surface area contributed by atoms with Gasteiger partial charge in [0.05, 0.1) is 17.4 Å². The maximum atomic E-state index is 12.8. The average Bonchev–Trinajstić information content (AvgIpc) is 3.22. The minimum Gasteiger partial charge on any atom is -0.459 e. The van der Waals surface area contributed by atoms with Crippen molar-refractivity contribution in [3.8, 4) is 0 Å². The topological polar surface area (TPSA) is 128 Å². The number of amides is 2. The number of ether oxygens (including phenoxy) is 1. The van der Waals surface area contributed by atoms with Gasteiger partial charge in [-0.2, -0.15) is 0 Å². The first kappa shape index (κ1) is 31.2. The summed E-state index contributed by atoms with van der Waals surface area (Å²) >= 11 is 3.22. The van der Waals surface area contributed by atoms with Crippen molar-refractivity contribution in [2.75, 3.05) is 25.0 Å². The van der Waals surface area contributed by atoms with Crippen LogP contribution in [0, 0.1) is 5.41 Å². The van der Waals surface area contributed by atoms with Crippen LogP contribution >= 0.6 is 15.9 Å². The largest absolute Gasteiger partial charge is 0.459 e. The average molecular weight is 635 g/mol. The first-order chi connectivity index (χ1) is 19.3. The van der Waals surface area contributed by atoms with Gasteiger partial charge < -0.3 is 9.15 Å². The number of esters is 1. The quantitative estimate of drug-likeness (QED) is 0.221. The van der Waals surface area contributed by atoms with E-state index in [0.717, 1.165) is 37.9 Å². The lowest BCUT2D eigenvalue weighted by Gasteiger charge is -2.34. The summed E-state index contributed by atoms with van der Waals surface area (Å²) in [5.74, 6) is -1.27. The summed E-state index contributed by atoms with van der Waals surface area (Å²) in [6, 6.07) is 4.87. The number of fused-ring (bicyclic) bond motifs is 1. The molecule has 2 aromatic rings. The van der Waals surface area contributed by atoms with Crippen molar-refractivity contribution in [1.82, 2.24) is 14.8 Å². The summed E-state index contributed by atoms with van der Waals surface area (Å²) in [5.41, 5.74) is 1.23. The third-order valence-corrected chi connectivity index (χ3v) is 8.81. The van der Waals surface area contributed by atoms with Crippen molar-refractivity contribution in [3.05, 3.63) is 34.3 Å². The Morgan fingerprint density at radius 2 is 1.78 bits per heavy atom. The fourth-order valence-corrected chi connectivity index (χ4v) is 6.04. The summed E-state index contributed by atoms with van der Waals surface area (Å²) in [5, 5.41) is 2.65. The van der Waals surface area contributed by atoms with Gasteiger partial charge in [-0.15, -0.1) is 0 Å². The molecule has 11 heteroatoms. The van der Waals surface area contributed by atoms with E-state index in [-0.39, 0.29) is 48.4 Å². The second-order valence-electron chi connectivity index (χ2n) is 12.7. The lowest BCUT2D eigenvalue weighted by atomic mass is 9.80. The number of Topliss-reactive ketones (excluding diaryl/α,β-unsaturated/α-hetero) is 1. The number of carbonyl (C=O) groups excluding carboxylic acids is 4. The molecule has 1 atom stereocenters. The Morgan fingerprint density at radius 3 is 2.44 bits per heavy atom. The summed E-state index contributed by atoms with van der Waals surface area (Å²) in [4.78, 5) is 63.2. The number of aromatic nitrogens is 1. The van der Waals surface area contributed by atoms with E-state index in [4.69, 9.17) is 9.15 Å². The van der Waals surface area contributed by atoms with Gasteiger partial charge in [0.1, 0.15) is 17.4 Å². The Bertz CT molecular complexity index is 1370. The van der Waals surface area contributed by atoms with Crippen LogP contribution < -0.4 is 11.1 Å². The number of nitrogens with one attached hydrogen (secondary N) is 1. The van der Waals surface area contributed by atoms with Crippen LogP contribution in [0.3, 0.4) is 0 Å². The molecule has 3 heterocycles. The molecule has 0 spiro atoms. The monoisotopic (exact) mass is 633 g/mol. The van der Waals surface area contributed by atoms with Crippen molar-refractivity contribution < 1.29 is 28.3 Å². The predicted octanol–water partition coefficient (Wildman–Crippen LogP) is 4.23. The lowest BCUT2D eigenvalue weighted by Crippen LogP contribution is -2.43. The first-order valence-electron chi connectivity index (χ1n) is 14.3. The molecule has 0 radical (unpaired) electrons. The number of nitrogens with zero attached hydrogens (tertiary/aromatic N) is 2. The second kappa shape index (κ2) is 12.6. The number of rotatable bonds is 11. The maximum Gasteiger partial charge on any atom is 0.420 e. The molecule has 1 unspecified atom stereocenters. The van der Waals surface area contributed by atoms with E-state index < -0.39 is 23.3 Å². The number of hydrogen-bond acceptors (Lipinski definition) is 8. The Labute approximate surface area is 248 Å². The Morgan fingerprint density at radius 1 is 1.07 bits per heavy atom. The van der Waals surface area contributed by atoms with Gasteiger partial charge in [0.2, 0.25) is 11.8 Å². The van der Waals surface area contributed by atoms with Gasteiger partial charge in [0, 0.05) is 12.8 Å². The molecule has 2 saturated heterocycles. The third kappa shape index (κ3) is 7.94. The Balaban J connectivity index is 1.29. The molecule has 0 bridgehead atoms. The summed E-state index contributed by atoms with van der Waals surface area (Å²) in [6.45, 7) is 9.67. The highest BCUT2D eigenvalue weighted by Gasteiger charge is 2.33. The highest BCUT2D eigenvalue weighted by Crippen LogP contribution is 2.33. The normalized spacial score (nSPS) is 19.4. The van der Waals surface area contributed by atoms with E-state index in [1.807, 2.05) is 32.0 Å². The third-order valence-electron chi connectivity index (χ3n) is 8.19. The van der Waals surface area contributed by atoms with Gasteiger partial charge in [-0.25, -0.2) is 4.79 Å². The number of ketones is 1. The molecule has 10 nitrogen and oxygen atoms in total. The maximum absolute atomic E-state index is 12.8. The van der Waals surface area contributed by atoms with Gasteiger partial charge in [0.15, 0.2) is 5.58 Å². The minimum absolute atomic E-state index is 0.157. The summed E-state index contributed by atoms with van der Waals surface area (Å²) < 4.78 is 12.7. The van der Waals surface area contributed by atoms with Crippen molar-refractivity contribution in [1.29, 1.82) is 0 Å². The fourth-order valence-electron chi connectivity index (χ4n) is 5.84. The Kier molecular flexibility index (Phi) is 9.58. The molecule has 1 aromatic carbocycles. The molecule has 2 aliphatic heterocycles. The predicted molar refractivity (Wildman–Crippen MR) is 157 cm³/mol. The van der Waals surface area contributed by atoms with Crippen LogP contribution in [0.4, 0.5) is 0 Å². The standard InChI is InChI=1S/C30H40BrN3O7/c1-29(2,16-21(35)17-31)11-12-30(3,4)41-26(37)18-33-13-9-19(10-14-33)20-5-6-22-24(15-20)40-28(39)34(22)23-7-8-25(36)32-27(23)38/h5-6,15,19,23H,7-14,16-18H2,1-4H3,(H,32,36,38). The minimum atomic E-state index is -0.768.